The van der Waals surface area contributed by atoms with Gasteiger partial charge in [0.15, 0.2) is 0 Å². The third kappa shape index (κ3) is 2.53. The number of aliphatic imine (C=N–C) groups is 1. The van der Waals surface area contributed by atoms with E-state index in [1.807, 2.05) is 6.21 Å². The van der Waals surface area contributed by atoms with Gasteiger partial charge in [0.1, 0.15) is 5.82 Å². The Bertz CT molecular complexity index is 541. The van der Waals surface area contributed by atoms with Crippen LogP contribution in [0.5, 0.6) is 0 Å². The largest absolute Gasteiger partial charge is 0.380 e. The van der Waals surface area contributed by atoms with E-state index in [0.717, 1.165) is 35.5 Å². The van der Waals surface area contributed by atoms with Crippen LogP contribution in [0.15, 0.2) is 39.7 Å². The Morgan fingerprint density at radius 1 is 1.37 bits per heavy atom. The van der Waals surface area contributed by atoms with Crippen LogP contribution in [-0.4, -0.2) is 37.9 Å². The van der Waals surface area contributed by atoms with Gasteiger partial charge < -0.3 is 14.5 Å². The zero-order valence-electron chi connectivity index (χ0n) is 10.8. The third-order valence-electron chi connectivity index (χ3n) is 3.39. The molecule has 0 bridgehead atoms. The molecule has 0 spiro atoms. The van der Waals surface area contributed by atoms with Crippen LogP contribution >= 0.6 is 15.9 Å². The van der Waals surface area contributed by atoms with Crippen LogP contribution < -0.4 is 4.90 Å². The number of ether oxygens (including phenoxy) is 1. The fourth-order valence-electron chi connectivity index (χ4n) is 2.37. The van der Waals surface area contributed by atoms with Gasteiger partial charge in [-0.3, -0.25) is 0 Å². The fourth-order valence-corrected chi connectivity index (χ4v) is 2.73. The van der Waals surface area contributed by atoms with E-state index in [0.29, 0.717) is 6.61 Å². The van der Waals surface area contributed by atoms with E-state index in [-0.39, 0.29) is 0 Å². The third-order valence-corrected chi connectivity index (χ3v) is 4.17. The summed E-state index contributed by atoms with van der Waals surface area (Å²) in [5.74, 6) is 1.06. The van der Waals surface area contributed by atoms with E-state index in [1.54, 1.807) is 7.11 Å². The Balaban J connectivity index is 1.88. The molecule has 2 heterocycles. The summed E-state index contributed by atoms with van der Waals surface area (Å²) in [4.78, 5) is 8.93. The molecule has 4 nitrogen and oxygen atoms in total. The summed E-state index contributed by atoms with van der Waals surface area (Å²) >= 11 is 3.55. The van der Waals surface area contributed by atoms with Crippen molar-refractivity contribution in [3.63, 3.8) is 0 Å². The first-order valence-electron chi connectivity index (χ1n) is 6.31. The number of nitrogens with zero attached hydrogens (tertiary/aromatic N) is 3. The Morgan fingerprint density at radius 2 is 2.26 bits per heavy atom. The molecule has 100 valence electrons. The smallest absolute Gasteiger partial charge is 0.144 e. The van der Waals surface area contributed by atoms with Crippen molar-refractivity contribution in [2.45, 2.75) is 6.61 Å². The molecule has 2 aliphatic rings. The fraction of sp³-hybridized carbons (Fsp3) is 0.357. The van der Waals surface area contributed by atoms with Gasteiger partial charge >= 0.3 is 0 Å². The lowest BCUT2D eigenvalue weighted by Gasteiger charge is -2.31. The van der Waals surface area contributed by atoms with Gasteiger partial charge in [0.25, 0.3) is 0 Å². The topological polar surface area (TPSA) is 28.1 Å². The lowest BCUT2D eigenvalue weighted by Crippen LogP contribution is -2.36. The highest BCUT2D eigenvalue weighted by molar-refractivity contribution is 9.10. The van der Waals surface area contributed by atoms with Crippen molar-refractivity contribution in [1.82, 2.24) is 4.90 Å². The van der Waals surface area contributed by atoms with E-state index < -0.39 is 0 Å². The Labute approximate surface area is 121 Å². The molecule has 0 N–H and O–H groups in total. The second kappa shape index (κ2) is 5.35. The lowest BCUT2D eigenvalue weighted by atomic mass is 10.2. The highest BCUT2D eigenvalue weighted by Gasteiger charge is 2.20. The number of hydrogen-bond acceptors (Lipinski definition) is 4. The Kier molecular flexibility index (Phi) is 3.57. The SMILES string of the molecule is COCc1cc(N2C=C3N=CCN3CC2)ccc1Br. The zero-order valence-corrected chi connectivity index (χ0v) is 12.4. The summed E-state index contributed by atoms with van der Waals surface area (Å²) in [5.41, 5.74) is 2.35. The Hall–Kier alpha value is -1.33. The van der Waals surface area contributed by atoms with E-state index in [4.69, 9.17) is 4.74 Å². The van der Waals surface area contributed by atoms with Crippen LogP contribution in [0.1, 0.15) is 5.56 Å². The normalized spacial score (nSPS) is 17.7. The van der Waals surface area contributed by atoms with Gasteiger partial charge in [-0.2, -0.15) is 0 Å². The molecule has 2 aliphatic heterocycles. The number of fused-ring (bicyclic) bond motifs is 1. The average molecular weight is 322 g/mol. The van der Waals surface area contributed by atoms with Crippen molar-refractivity contribution in [2.24, 2.45) is 4.99 Å². The highest BCUT2D eigenvalue weighted by Crippen LogP contribution is 2.27. The van der Waals surface area contributed by atoms with Crippen LogP contribution in [0.4, 0.5) is 5.69 Å². The van der Waals surface area contributed by atoms with Gasteiger partial charge in [-0.1, -0.05) is 15.9 Å². The molecule has 1 aromatic rings. The first kappa shape index (κ1) is 12.7. The predicted molar refractivity (Wildman–Crippen MR) is 80.3 cm³/mol. The number of rotatable bonds is 3. The van der Waals surface area contributed by atoms with Gasteiger partial charge in [0, 0.05) is 42.8 Å². The number of halogens is 1. The van der Waals surface area contributed by atoms with E-state index in [9.17, 15) is 0 Å². The second-order valence-electron chi connectivity index (χ2n) is 4.65. The summed E-state index contributed by atoms with van der Waals surface area (Å²) < 4.78 is 6.31. The molecule has 0 atom stereocenters. The van der Waals surface area contributed by atoms with Crippen LogP contribution in [0.25, 0.3) is 0 Å². The molecule has 3 rings (SSSR count). The molecule has 1 aromatic carbocycles. The maximum absolute atomic E-state index is 5.22. The van der Waals surface area contributed by atoms with Crippen LogP contribution in [0.3, 0.4) is 0 Å². The second-order valence-corrected chi connectivity index (χ2v) is 5.50. The van der Waals surface area contributed by atoms with Crippen LogP contribution in [-0.2, 0) is 11.3 Å². The quantitative estimate of drug-likeness (QED) is 0.856. The summed E-state index contributed by atoms with van der Waals surface area (Å²) in [7, 11) is 1.72. The van der Waals surface area contributed by atoms with Gasteiger partial charge in [-0.05, 0) is 23.8 Å². The molecular formula is C14H16BrN3O. The molecule has 0 aromatic heterocycles. The van der Waals surface area contributed by atoms with Crippen molar-refractivity contribution in [3.05, 3.63) is 40.3 Å². The summed E-state index contributed by atoms with van der Waals surface area (Å²) in [5, 5.41) is 0. The number of methoxy groups -OCH3 is 1. The minimum absolute atomic E-state index is 0.614. The summed E-state index contributed by atoms with van der Waals surface area (Å²) in [6, 6.07) is 6.36. The van der Waals surface area contributed by atoms with Crippen molar-refractivity contribution in [3.8, 4) is 0 Å². The Morgan fingerprint density at radius 3 is 3.11 bits per heavy atom. The van der Waals surface area contributed by atoms with Crippen molar-refractivity contribution >= 4 is 27.8 Å². The first-order chi connectivity index (χ1) is 9.28. The molecule has 0 unspecified atom stereocenters. The first-order valence-corrected chi connectivity index (χ1v) is 7.10. The van der Waals surface area contributed by atoms with Gasteiger partial charge in [-0.25, -0.2) is 4.99 Å². The number of benzene rings is 1. The molecule has 19 heavy (non-hydrogen) atoms. The zero-order chi connectivity index (χ0) is 13.2. The van der Waals surface area contributed by atoms with E-state index in [1.165, 1.54) is 5.69 Å². The molecule has 0 fully saturated rings. The van der Waals surface area contributed by atoms with Crippen molar-refractivity contribution < 1.29 is 4.74 Å². The van der Waals surface area contributed by atoms with E-state index in [2.05, 4.69) is 55.1 Å². The lowest BCUT2D eigenvalue weighted by molar-refractivity contribution is 0.184. The highest BCUT2D eigenvalue weighted by atomic mass is 79.9. The maximum atomic E-state index is 5.22. The minimum Gasteiger partial charge on any atom is -0.380 e. The monoisotopic (exact) mass is 321 g/mol. The maximum Gasteiger partial charge on any atom is 0.144 e. The molecule has 0 amide bonds. The van der Waals surface area contributed by atoms with E-state index >= 15 is 0 Å². The summed E-state index contributed by atoms with van der Waals surface area (Å²) in [6.45, 7) is 3.56. The predicted octanol–water partition coefficient (Wildman–Crippen LogP) is 2.60. The average Bonchev–Trinajstić information content (AvgIpc) is 2.89. The molecular weight excluding hydrogens is 306 g/mol. The summed E-state index contributed by atoms with van der Waals surface area (Å²) in [6.07, 6.45) is 4.08. The van der Waals surface area contributed by atoms with Crippen molar-refractivity contribution in [2.75, 3.05) is 31.6 Å². The van der Waals surface area contributed by atoms with Crippen LogP contribution in [0.2, 0.25) is 0 Å². The number of hydrogen-bond donors (Lipinski definition) is 0. The number of anilines is 1. The van der Waals surface area contributed by atoms with Gasteiger partial charge in [0.2, 0.25) is 0 Å². The molecule has 0 saturated carbocycles. The minimum atomic E-state index is 0.614. The molecule has 0 radical (unpaired) electrons. The standard InChI is InChI=1S/C14H16BrN3O/c1-19-10-11-8-12(2-3-13(11)15)18-7-6-17-5-4-16-14(17)9-18/h2-4,8-9H,5-7,10H2,1H3. The van der Waals surface area contributed by atoms with Gasteiger partial charge in [0.05, 0.1) is 13.2 Å². The van der Waals surface area contributed by atoms with Crippen LogP contribution in [0, 0.1) is 0 Å². The molecule has 0 aliphatic carbocycles. The van der Waals surface area contributed by atoms with Crippen molar-refractivity contribution in [1.29, 1.82) is 0 Å². The molecule has 0 saturated heterocycles. The molecule has 5 heteroatoms. The van der Waals surface area contributed by atoms with Gasteiger partial charge in [-0.15, -0.1) is 0 Å².